The molecule has 0 aliphatic heterocycles. The first kappa shape index (κ1) is 19.7. The molecule has 1 amide bonds. The van der Waals surface area contributed by atoms with E-state index >= 15 is 0 Å². The first-order chi connectivity index (χ1) is 15.4. The van der Waals surface area contributed by atoms with Crippen LogP contribution < -0.4 is 21.5 Å². The standard InChI is InChI=1S/C20H19FN8O3/c1-10-23-9-17(32-10)28-5-3-4-13(20(28)31)25-15-7-16(22-2)29-18(27-15)11(8-24-29)19(30)26-14-6-12(14)21/h3-5,7-9,12,14,22H,6H2,1-2H3,(H,25,27)(H,26,30)/t12-,14+/m1/s1. The summed E-state index contributed by atoms with van der Waals surface area (Å²) in [6, 6.07) is 4.45. The maximum absolute atomic E-state index is 13.2. The van der Waals surface area contributed by atoms with E-state index in [0.717, 1.165) is 0 Å². The Hall–Kier alpha value is -4.22. The van der Waals surface area contributed by atoms with Gasteiger partial charge in [0.1, 0.15) is 29.1 Å². The van der Waals surface area contributed by atoms with Gasteiger partial charge in [-0.2, -0.15) is 9.61 Å². The van der Waals surface area contributed by atoms with Crippen molar-refractivity contribution in [1.29, 1.82) is 0 Å². The molecule has 164 valence electrons. The molecule has 12 heteroatoms. The minimum absolute atomic E-state index is 0.201. The van der Waals surface area contributed by atoms with Crippen LogP contribution in [0.15, 0.2) is 46.0 Å². The van der Waals surface area contributed by atoms with E-state index in [1.807, 2.05) is 0 Å². The lowest BCUT2D eigenvalue weighted by atomic mass is 10.3. The highest BCUT2D eigenvalue weighted by Gasteiger charge is 2.39. The third-order valence-electron chi connectivity index (χ3n) is 5.06. The van der Waals surface area contributed by atoms with Crippen LogP contribution in [0, 0.1) is 6.92 Å². The predicted molar refractivity (Wildman–Crippen MR) is 113 cm³/mol. The van der Waals surface area contributed by atoms with Crippen LogP contribution >= 0.6 is 0 Å². The molecular formula is C20H19FN8O3. The number of fused-ring (bicyclic) bond motifs is 1. The summed E-state index contributed by atoms with van der Waals surface area (Å²) in [4.78, 5) is 34.0. The molecule has 0 aromatic carbocycles. The average molecular weight is 438 g/mol. The molecule has 0 spiro atoms. The fourth-order valence-corrected chi connectivity index (χ4v) is 3.29. The number of alkyl halides is 1. The maximum Gasteiger partial charge on any atom is 0.281 e. The molecule has 11 nitrogen and oxygen atoms in total. The SMILES string of the molecule is CNc1cc(Nc2cccn(-c3cnc(C)o3)c2=O)nc2c(C(=O)N[C@H]3C[C@H]3F)cnn12. The smallest absolute Gasteiger partial charge is 0.281 e. The van der Waals surface area contributed by atoms with Gasteiger partial charge in [-0.3, -0.25) is 14.2 Å². The Labute approximate surface area is 180 Å². The molecule has 2 atom stereocenters. The molecular weight excluding hydrogens is 419 g/mol. The Bertz CT molecular complexity index is 1390. The molecule has 4 aromatic heterocycles. The van der Waals surface area contributed by atoms with Crippen molar-refractivity contribution in [1.82, 2.24) is 29.5 Å². The highest BCUT2D eigenvalue weighted by atomic mass is 19.1. The molecule has 0 saturated heterocycles. The number of amides is 1. The number of hydrogen-bond donors (Lipinski definition) is 3. The van der Waals surface area contributed by atoms with E-state index in [1.54, 1.807) is 38.4 Å². The van der Waals surface area contributed by atoms with Crippen molar-refractivity contribution in [2.75, 3.05) is 17.7 Å². The number of anilines is 3. The average Bonchev–Trinajstić information content (AvgIpc) is 3.14. The molecule has 0 unspecified atom stereocenters. The number of oxazole rings is 1. The highest BCUT2D eigenvalue weighted by Crippen LogP contribution is 2.26. The number of hydrogen-bond acceptors (Lipinski definition) is 8. The summed E-state index contributed by atoms with van der Waals surface area (Å²) in [6.07, 6.45) is 3.69. The van der Waals surface area contributed by atoms with Gasteiger partial charge < -0.3 is 20.4 Å². The second kappa shape index (κ2) is 7.48. The summed E-state index contributed by atoms with van der Waals surface area (Å²) < 4.78 is 21.4. The summed E-state index contributed by atoms with van der Waals surface area (Å²) in [6.45, 7) is 1.69. The van der Waals surface area contributed by atoms with Crippen molar-refractivity contribution in [3.63, 3.8) is 0 Å². The van der Waals surface area contributed by atoms with Crippen LogP contribution in [0.2, 0.25) is 0 Å². The van der Waals surface area contributed by atoms with Crippen LogP contribution in [-0.2, 0) is 0 Å². The van der Waals surface area contributed by atoms with Crippen LogP contribution in [0.25, 0.3) is 11.5 Å². The van der Waals surface area contributed by atoms with Gasteiger partial charge in [-0.05, 0) is 12.1 Å². The number of nitrogens with zero attached hydrogens (tertiary/aromatic N) is 5. The minimum atomic E-state index is -1.02. The zero-order valence-corrected chi connectivity index (χ0v) is 17.2. The van der Waals surface area contributed by atoms with Crippen LogP contribution in [0.4, 0.5) is 21.7 Å². The van der Waals surface area contributed by atoms with Crippen molar-refractivity contribution >= 4 is 28.9 Å². The van der Waals surface area contributed by atoms with Gasteiger partial charge in [0, 0.05) is 32.7 Å². The third kappa shape index (κ3) is 3.45. The predicted octanol–water partition coefficient (Wildman–Crippen LogP) is 1.80. The summed E-state index contributed by atoms with van der Waals surface area (Å²) in [5.41, 5.74) is 0.330. The van der Waals surface area contributed by atoms with Gasteiger partial charge in [-0.15, -0.1) is 0 Å². The number of aryl methyl sites for hydroxylation is 1. The molecule has 4 heterocycles. The Kier molecular flexibility index (Phi) is 4.61. The van der Waals surface area contributed by atoms with E-state index in [1.165, 1.54) is 21.5 Å². The molecule has 0 radical (unpaired) electrons. The maximum atomic E-state index is 13.2. The van der Waals surface area contributed by atoms with Gasteiger partial charge in [0.25, 0.3) is 11.5 Å². The zero-order chi connectivity index (χ0) is 22.4. The lowest BCUT2D eigenvalue weighted by Crippen LogP contribution is -2.27. The molecule has 4 aromatic rings. The number of carbonyl (C=O) groups is 1. The quantitative estimate of drug-likeness (QED) is 0.415. The minimum Gasteiger partial charge on any atom is -0.425 e. The molecule has 5 rings (SSSR count). The van der Waals surface area contributed by atoms with Crippen LogP contribution in [0.3, 0.4) is 0 Å². The van der Waals surface area contributed by atoms with Gasteiger partial charge in [0.05, 0.1) is 18.4 Å². The fourth-order valence-electron chi connectivity index (χ4n) is 3.29. The van der Waals surface area contributed by atoms with Gasteiger partial charge >= 0.3 is 0 Å². The third-order valence-corrected chi connectivity index (χ3v) is 5.06. The summed E-state index contributed by atoms with van der Waals surface area (Å²) in [5, 5.41) is 12.8. The Morgan fingerprint density at radius 3 is 2.84 bits per heavy atom. The molecule has 1 fully saturated rings. The number of pyridine rings is 1. The monoisotopic (exact) mass is 438 g/mol. The lowest BCUT2D eigenvalue weighted by Gasteiger charge is -2.11. The molecule has 1 aliphatic rings. The Morgan fingerprint density at radius 1 is 1.34 bits per heavy atom. The first-order valence-corrected chi connectivity index (χ1v) is 9.87. The molecule has 1 saturated carbocycles. The van der Waals surface area contributed by atoms with Crippen molar-refractivity contribution < 1.29 is 13.6 Å². The second-order valence-electron chi connectivity index (χ2n) is 7.34. The first-order valence-electron chi connectivity index (χ1n) is 9.87. The van der Waals surface area contributed by atoms with E-state index in [2.05, 4.69) is 31.0 Å². The number of halogens is 1. The van der Waals surface area contributed by atoms with E-state index in [4.69, 9.17) is 4.42 Å². The van der Waals surface area contributed by atoms with Crippen molar-refractivity contribution in [2.45, 2.75) is 25.6 Å². The van der Waals surface area contributed by atoms with Gasteiger partial charge in [0.15, 0.2) is 11.5 Å². The Balaban J connectivity index is 1.51. The van der Waals surface area contributed by atoms with Crippen LogP contribution in [0.1, 0.15) is 22.7 Å². The molecule has 3 N–H and O–H groups in total. The van der Waals surface area contributed by atoms with Gasteiger partial charge in [0.2, 0.25) is 5.88 Å². The lowest BCUT2D eigenvalue weighted by molar-refractivity contribution is 0.0949. The normalized spacial score (nSPS) is 17.3. The molecule has 1 aliphatic carbocycles. The highest BCUT2D eigenvalue weighted by molar-refractivity contribution is 6.00. The van der Waals surface area contributed by atoms with Crippen LogP contribution in [-0.4, -0.2) is 49.3 Å². The number of carbonyl (C=O) groups excluding carboxylic acids is 1. The molecule has 0 bridgehead atoms. The largest absolute Gasteiger partial charge is 0.425 e. The molecule has 32 heavy (non-hydrogen) atoms. The zero-order valence-electron chi connectivity index (χ0n) is 17.2. The van der Waals surface area contributed by atoms with E-state index < -0.39 is 18.1 Å². The number of rotatable bonds is 6. The summed E-state index contributed by atoms with van der Waals surface area (Å²) in [7, 11) is 1.69. The van der Waals surface area contributed by atoms with Crippen molar-refractivity contribution in [3.05, 3.63) is 58.6 Å². The summed E-state index contributed by atoms with van der Waals surface area (Å²) >= 11 is 0. The Morgan fingerprint density at radius 2 is 2.16 bits per heavy atom. The van der Waals surface area contributed by atoms with E-state index in [0.29, 0.717) is 23.9 Å². The fraction of sp³-hybridized carbons (Fsp3) is 0.250. The summed E-state index contributed by atoms with van der Waals surface area (Å²) in [5.74, 6) is 1.12. The number of nitrogens with one attached hydrogen (secondary N) is 3. The van der Waals surface area contributed by atoms with E-state index in [9.17, 15) is 14.0 Å². The van der Waals surface area contributed by atoms with Gasteiger partial charge in [-0.1, -0.05) is 0 Å². The van der Waals surface area contributed by atoms with E-state index in [-0.39, 0.29) is 28.3 Å². The topological polar surface area (TPSA) is 131 Å². The van der Waals surface area contributed by atoms with Gasteiger partial charge in [-0.25, -0.2) is 14.4 Å². The van der Waals surface area contributed by atoms with Crippen molar-refractivity contribution in [2.24, 2.45) is 0 Å². The number of aromatic nitrogens is 5. The van der Waals surface area contributed by atoms with Crippen molar-refractivity contribution in [3.8, 4) is 5.88 Å². The van der Waals surface area contributed by atoms with Crippen LogP contribution in [0.5, 0.6) is 0 Å². The second-order valence-corrected chi connectivity index (χ2v) is 7.34.